The van der Waals surface area contributed by atoms with Gasteiger partial charge in [-0.15, -0.1) is 0 Å². The largest absolute Gasteiger partial charge is 0.507 e. The summed E-state index contributed by atoms with van der Waals surface area (Å²) in [5, 5.41) is 13.7. The first-order chi connectivity index (χ1) is 9.99. The third-order valence-electron chi connectivity index (χ3n) is 3.73. The topological polar surface area (TPSA) is 91.9 Å². The molecule has 1 aromatic rings. The highest BCUT2D eigenvalue weighted by Crippen LogP contribution is 2.23. The van der Waals surface area contributed by atoms with E-state index in [1.807, 2.05) is 0 Å². The molecule has 0 spiro atoms. The van der Waals surface area contributed by atoms with Crippen LogP contribution in [0.15, 0.2) is 20.4 Å². The minimum absolute atomic E-state index is 0.0154. The van der Waals surface area contributed by atoms with Crippen molar-refractivity contribution in [2.45, 2.75) is 46.0 Å². The molecule has 1 saturated carbocycles. The Labute approximate surface area is 122 Å². The number of nitrogens with zero attached hydrogens (tertiary/aromatic N) is 1. The molecule has 0 unspecified atom stereocenters. The van der Waals surface area contributed by atoms with Gasteiger partial charge < -0.3 is 9.52 Å². The zero-order chi connectivity index (χ0) is 15.4. The number of hydrogen-bond donors (Lipinski definition) is 2. The summed E-state index contributed by atoms with van der Waals surface area (Å²) in [6, 6.07) is 1.35. The zero-order valence-electron chi connectivity index (χ0n) is 12.3. The Balaban J connectivity index is 2.11. The molecule has 6 heteroatoms. The van der Waals surface area contributed by atoms with Crippen molar-refractivity contribution in [2.75, 3.05) is 0 Å². The van der Waals surface area contributed by atoms with E-state index in [1.54, 1.807) is 13.8 Å². The van der Waals surface area contributed by atoms with Crippen LogP contribution in [0.2, 0.25) is 0 Å². The van der Waals surface area contributed by atoms with Crippen LogP contribution < -0.4 is 11.1 Å². The fourth-order valence-electron chi connectivity index (χ4n) is 2.58. The van der Waals surface area contributed by atoms with Gasteiger partial charge in [0.1, 0.15) is 17.1 Å². The van der Waals surface area contributed by atoms with Gasteiger partial charge in [0.15, 0.2) is 0 Å². The molecule has 0 saturated heterocycles. The van der Waals surface area contributed by atoms with Crippen LogP contribution in [0.25, 0.3) is 0 Å². The number of aromatic hydroxyl groups is 1. The Morgan fingerprint density at radius 3 is 2.67 bits per heavy atom. The second-order valence-corrected chi connectivity index (χ2v) is 5.41. The first-order valence-corrected chi connectivity index (χ1v) is 7.17. The van der Waals surface area contributed by atoms with Gasteiger partial charge in [0.05, 0.1) is 5.71 Å². The second kappa shape index (κ2) is 6.56. The summed E-state index contributed by atoms with van der Waals surface area (Å²) < 4.78 is 4.92. The van der Waals surface area contributed by atoms with E-state index in [9.17, 15) is 14.7 Å². The van der Waals surface area contributed by atoms with E-state index in [1.165, 1.54) is 12.5 Å². The van der Waals surface area contributed by atoms with Gasteiger partial charge in [0, 0.05) is 12.0 Å². The Bertz CT molecular complexity index is 613. The van der Waals surface area contributed by atoms with Crippen molar-refractivity contribution in [3.05, 3.63) is 27.8 Å². The number of nitrogens with one attached hydrogen (secondary N) is 1. The molecule has 0 aromatic carbocycles. The van der Waals surface area contributed by atoms with Crippen LogP contribution in [0.3, 0.4) is 0 Å². The van der Waals surface area contributed by atoms with Gasteiger partial charge in [-0.3, -0.25) is 4.79 Å². The van der Waals surface area contributed by atoms with Crippen LogP contribution in [-0.4, -0.2) is 16.7 Å². The molecule has 6 nitrogen and oxygen atoms in total. The second-order valence-electron chi connectivity index (χ2n) is 5.41. The van der Waals surface area contributed by atoms with Crippen molar-refractivity contribution in [1.82, 2.24) is 5.43 Å². The lowest BCUT2D eigenvalue weighted by molar-refractivity contribution is -0.125. The van der Waals surface area contributed by atoms with E-state index < -0.39 is 5.63 Å². The SMILES string of the molecule is CC(=NNC(=O)C1CCCCC1)c1c(O)cc(C)oc1=O. The van der Waals surface area contributed by atoms with E-state index in [-0.39, 0.29) is 28.8 Å². The van der Waals surface area contributed by atoms with Gasteiger partial charge in [0.2, 0.25) is 5.91 Å². The highest BCUT2D eigenvalue weighted by Gasteiger charge is 2.21. The summed E-state index contributed by atoms with van der Waals surface area (Å²) >= 11 is 0. The maximum absolute atomic E-state index is 12.0. The van der Waals surface area contributed by atoms with E-state index in [4.69, 9.17) is 4.42 Å². The van der Waals surface area contributed by atoms with Gasteiger partial charge in [-0.1, -0.05) is 19.3 Å². The number of aryl methyl sites for hydroxylation is 1. The molecule has 1 amide bonds. The predicted molar refractivity (Wildman–Crippen MR) is 78.3 cm³/mol. The molecule has 1 heterocycles. The van der Waals surface area contributed by atoms with Gasteiger partial charge in [-0.25, -0.2) is 10.2 Å². The number of carbonyl (C=O) groups excluding carboxylic acids is 1. The van der Waals surface area contributed by atoms with Crippen molar-refractivity contribution in [2.24, 2.45) is 11.0 Å². The van der Waals surface area contributed by atoms with Gasteiger partial charge in [-0.05, 0) is 26.7 Å². The lowest BCUT2D eigenvalue weighted by atomic mass is 9.89. The monoisotopic (exact) mass is 292 g/mol. The molecular formula is C15H20N2O4. The average molecular weight is 292 g/mol. The van der Waals surface area contributed by atoms with E-state index in [2.05, 4.69) is 10.5 Å². The molecule has 2 N–H and O–H groups in total. The molecular weight excluding hydrogens is 272 g/mol. The molecule has 1 aliphatic carbocycles. The summed E-state index contributed by atoms with van der Waals surface area (Å²) in [7, 11) is 0. The zero-order valence-corrected chi connectivity index (χ0v) is 12.3. The number of carbonyl (C=O) groups is 1. The van der Waals surface area contributed by atoms with Crippen molar-refractivity contribution in [3.8, 4) is 5.75 Å². The van der Waals surface area contributed by atoms with Crippen LogP contribution in [0.4, 0.5) is 0 Å². The van der Waals surface area contributed by atoms with Gasteiger partial charge in [0.25, 0.3) is 0 Å². The summed E-state index contributed by atoms with van der Waals surface area (Å²) in [6.07, 6.45) is 5.03. The Hall–Kier alpha value is -2.11. The van der Waals surface area contributed by atoms with Crippen LogP contribution in [-0.2, 0) is 4.79 Å². The van der Waals surface area contributed by atoms with Crippen LogP contribution in [0.1, 0.15) is 50.4 Å². The van der Waals surface area contributed by atoms with Crippen molar-refractivity contribution < 1.29 is 14.3 Å². The first kappa shape index (κ1) is 15.3. The Kier molecular flexibility index (Phi) is 4.77. The van der Waals surface area contributed by atoms with Crippen molar-refractivity contribution >= 4 is 11.6 Å². The molecule has 0 atom stereocenters. The van der Waals surface area contributed by atoms with Gasteiger partial charge >= 0.3 is 5.63 Å². The summed E-state index contributed by atoms with van der Waals surface area (Å²) in [6.45, 7) is 3.12. The van der Waals surface area contributed by atoms with E-state index >= 15 is 0 Å². The van der Waals surface area contributed by atoms with Crippen molar-refractivity contribution in [1.29, 1.82) is 0 Å². The molecule has 2 rings (SSSR count). The van der Waals surface area contributed by atoms with Crippen LogP contribution in [0, 0.1) is 12.8 Å². The molecule has 0 radical (unpaired) electrons. The third kappa shape index (κ3) is 3.71. The van der Waals surface area contributed by atoms with Crippen LogP contribution in [0.5, 0.6) is 5.75 Å². The molecule has 1 aromatic heterocycles. The van der Waals surface area contributed by atoms with Crippen molar-refractivity contribution in [3.63, 3.8) is 0 Å². The van der Waals surface area contributed by atoms with Crippen LogP contribution >= 0.6 is 0 Å². The van der Waals surface area contributed by atoms with E-state index in [0.29, 0.717) is 5.76 Å². The third-order valence-corrected chi connectivity index (χ3v) is 3.73. The normalized spacial score (nSPS) is 16.8. The minimum atomic E-state index is -0.666. The molecule has 0 aliphatic heterocycles. The molecule has 1 fully saturated rings. The Morgan fingerprint density at radius 1 is 1.38 bits per heavy atom. The maximum Gasteiger partial charge on any atom is 0.348 e. The first-order valence-electron chi connectivity index (χ1n) is 7.17. The van der Waals surface area contributed by atoms with Gasteiger partial charge in [-0.2, -0.15) is 5.10 Å². The number of hydrogen-bond acceptors (Lipinski definition) is 5. The molecule has 21 heavy (non-hydrogen) atoms. The fourth-order valence-corrected chi connectivity index (χ4v) is 2.58. The fraction of sp³-hybridized carbons (Fsp3) is 0.533. The highest BCUT2D eigenvalue weighted by atomic mass is 16.4. The number of amides is 1. The minimum Gasteiger partial charge on any atom is -0.507 e. The summed E-state index contributed by atoms with van der Waals surface area (Å²) in [4.78, 5) is 23.7. The lowest BCUT2D eigenvalue weighted by Crippen LogP contribution is -2.29. The summed E-state index contributed by atoms with van der Waals surface area (Å²) in [5.74, 6) is -0.0273. The highest BCUT2D eigenvalue weighted by molar-refractivity contribution is 6.01. The number of rotatable bonds is 3. The predicted octanol–water partition coefficient (Wildman–Crippen LogP) is 2.07. The summed E-state index contributed by atoms with van der Waals surface area (Å²) in [5.41, 5.74) is 2.01. The maximum atomic E-state index is 12.0. The molecule has 114 valence electrons. The average Bonchev–Trinajstić information content (AvgIpc) is 2.44. The Morgan fingerprint density at radius 2 is 2.05 bits per heavy atom. The standard InChI is InChI=1S/C15H20N2O4/c1-9-8-12(18)13(15(20)21-9)10(2)16-17-14(19)11-6-4-3-5-7-11/h8,11,18H,3-7H2,1-2H3,(H,17,19). The molecule has 0 bridgehead atoms. The lowest BCUT2D eigenvalue weighted by Gasteiger charge is -2.19. The quantitative estimate of drug-likeness (QED) is 0.659. The number of hydrazone groups is 1. The van der Waals surface area contributed by atoms with E-state index in [0.717, 1.165) is 25.7 Å². The smallest absolute Gasteiger partial charge is 0.348 e. The molecule has 1 aliphatic rings.